The van der Waals surface area contributed by atoms with Crippen LogP contribution in [0.2, 0.25) is 0 Å². The Morgan fingerprint density at radius 3 is 2.68 bits per heavy atom. The van der Waals surface area contributed by atoms with Crippen molar-refractivity contribution < 1.29 is 9.53 Å². The molecule has 0 radical (unpaired) electrons. The number of ether oxygens (including phenoxy) is 1. The second-order valence-electron chi connectivity index (χ2n) is 8.43. The molecule has 2 rings (SSSR count). The number of amides is 1. The molecule has 25 heavy (non-hydrogen) atoms. The zero-order valence-electron chi connectivity index (χ0n) is 16.4. The van der Waals surface area contributed by atoms with Gasteiger partial charge in [0.1, 0.15) is 17.7 Å². The van der Waals surface area contributed by atoms with Gasteiger partial charge in [0.15, 0.2) is 0 Å². The first kappa shape index (κ1) is 19.5. The van der Waals surface area contributed by atoms with Crippen molar-refractivity contribution in [2.24, 2.45) is 0 Å². The van der Waals surface area contributed by atoms with Crippen LogP contribution in [0.5, 0.6) is 0 Å². The smallest absolute Gasteiger partial charge is 0.407 e. The molecule has 6 heteroatoms. The second kappa shape index (κ2) is 7.58. The van der Waals surface area contributed by atoms with Crippen molar-refractivity contribution in [3.8, 4) is 0 Å². The lowest BCUT2D eigenvalue weighted by molar-refractivity contribution is 0.0500. The third-order valence-corrected chi connectivity index (χ3v) is 4.70. The predicted octanol–water partition coefficient (Wildman–Crippen LogP) is 3.66. The van der Waals surface area contributed by atoms with Crippen LogP contribution in [0.4, 0.5) is 10.6 Å². The molecular weight excluding hydrogens is 316 g/mol. The van der Waals surface area contributed by atoms with Crippen molar-refractivity contribution in [3.63, 3.8) is 0 Å². The van der Waals surface area contributed by atoms with Gasteiger partial charge >= 0.3 is 6.09 Å². The second-order valence-corrected chi connectivity index (χ2v) is 8.43. The summed E-state index contributed by atoms with van der Waals surface area (Å²) < 4.78 is 5.37. The maximum Gasteiger partial charge on any atom is 0.407 e. The van der Waals surface area contributed by atoms with Gasteiger partial charge in [-0.3, -0.25) is 0 Å². The summed E-state index contributed by atoms with van der Waals surface area (Å²) in [6, 6.07) is 2.15. The lowest BCUT2D eigenvalue weighted by Crippen LogP contribution is -2.49. The molecule has 1 unspecified atom stereocenters. The Bertz CT molecular complexity index is 595. The summed E-state index contributed by atoms with van der Waals surface area (Å²) in [4.78, 5) is 23.2. The van der Waals surface area contributed by atoms with Gasteiger partial charge in [0, 0.05) is 30.6 Å². The molecule has 1 aliphatic heterocycles. The zero-order valence-corrected chi connectivity index (χ0v) is 16.4. The van der Waals surface area contributed by atoms with Gasteiger partial charge in [0.25, 0.3) is 0 Å². The molecule has 0 bridgehead atoms. The van der Waals surface area contributed by atoms with E-state index in [9.17, 15) is 4.79 Å². The monoisotopic (exact) mass is 348 g/mol. The first-order valence-electron chi connectivity index (χ1n) is 9.18. The van der Waals surface area contributed by atoms with Crippen molar-refractivity contribution in [3.05, 3.63) is 18.1 Å². The Balaban J connectivity index is 2.04. The highest BCUT2D eigenvalue weighted by molar-refractivity contribution is 5.68. The molecule has 0 aromatic carbocycles. The number of hydrogen-bond donors (Lipinski definition) is 1. The van der Waals surface area contributed by atoms with Crippen LogP contribution in [-0.4, -0.2) is 40.8 Å². The van der Waals surface area contributed by atoms with E-state index in [1.807, 2.05) is 20.8 Å². The first-order chi connectivity index (χ1) is 11.6. The quantitative estimate of drug-likeness (QED) is 0.899. The summed E-state index contributed by atoms with van der Waals surface area (Å²) in [5.74, 6) is 0.933. The van der Waals surface area contributed by atoms with Crippen LogP contribution >= 0.6 is 0 Å². The number of piperidine rings is 1. The number of anilines is 1. The van der Waals surface area contributed by atoms with Crippen LogP contribution in [0.1, 0.15) is 66.5 Å². The van der Waals surface area contributed by atoms with E-state index in [1.54, 1.807) is 6.33 Å². The van der Waals surface area contributed by atoms with E-state index in [-0.39, 0.29) is 17.6 Å². The van der Waals surface area contributed by atoms with Gasteiger partial charge in [-0.25, -0.2) is 14.8 Å². The molecule has 140 valence electrons. The van der Waals surface area contributed by atoms with Gasteiger partial charge in [0.05, 0.1) is 5.69 Å². The molecule has 0 spiro atoms. The maximum absolute atomic E-state index is 12.0. The van der Waals surface area contributed by atoms with Crippen LogP contribution in [0.15, 0.2) is 12.4 Å². The number of carbonyl (C=O) groups excluding carboxylic acids is 1. The Morgan fingerprint density at radius 2 is 2.04 bits per heavy atom. The lowest BCUT2D eigenvalue weighted by atomic mass is 9.86. The van der Waals surface area contributed by atoms with E-state index in [4.69, 9.17) is 4.74 Å². The van der Waals surface area contributed by atoms with Crippen LogP contribution in [-0.2, 0) is 10.2 Å². The van der Waals surface area contributed by atoms with Gasteiger partial charge in [-0.15, -0.1) is 0 Å². The van der Waals surface area contributed by atoms with Crippen LogP contribution < -0.4 is 10.2 Å². The zero-order chi connectivity index (χ0) is 18.7. The maximum atomic E-state index is 12.0. The van der Waals surface area contributed by atoms with Crippen molar-refractivity contribution in [1.82, 2.24) is 15.3 Å². The molecule has 6 nitrogen and oxygen atoms in total. The normalized spacial score (nSPS) is 18.8. The molecule has 1 N–H and O–H groups in total. The summed E-state index contributed by atoms with van der Waals surface area (Å²) in [5.41, 5.74) is 0.607. The van der Waals surface area contributed by atoms with Gasteiger partial charge in [-0.1, -0.05) is 20.8 Å². The summed E-state index contributed by atoms with van der Waals surface area (Å²) >= 11 is 0. The first-order valence-corrected chi connectivity index (χ1v) is 9.18. The topological polar surface area (TPSA) is 67.4 Å². The van der Waals surface area contributed by atoms with Crippen molar-refractivity contribution in [2.45, 2.75) is 77.9 Å². The number of carbonyl (C=O) groups is 1. The molecule has 1 amide bonds. The van der Waals surface area contributed by atoms with Gasteiger partial charge in [-0.05, 0) is 40.0 Å². The minimum atomic E-state index is -0.480. The van der Waals surface area contributed by atoms with Crippen molar-refractivity contribution in [2.75, 3.05) is 18.0 Å². The molecule has 2 heterocycles. The average molecular weight is 348 g/mol. The van der Waals surface area contributed by atoms with Gasteiger partial charge in [0.2, 0.25) is 0 Å². The predicted molar refractivity (Wildman–Crippen MR) is 100.0 cm³/mol. The molecule has 1 aromatic heterocycles. The highest BCUT2D eigenvalue weighted by Gasteiger charge is 2.26. The number of alkyl carbamates (subject to hydrolysis) is 1. The van der Waals surface area contributed by atoms with E-state index in [1.165, 1.54) is 0 Å². The molecule has 1 aliphatic rings. The SMILES string of the molecule is CCC(C)(C)c1cc(N2CCCC(NC(=O)OC(C)(C)C)C2)ncn1. The van der Waals surface area contributed by atoms with E-state index < -0.39 is 5.60 Å². The molecule has 1 atom stereocenters. The molecule has 1 saturated heterocycles. The largest absolute Gasteiger partial charge is 0.444 e. The van der Waals surface area contributed by atoms with E-state index in [0.29, 0.717) is 0 Å². The molecule has 1 aromatic rings. The third-order valence-electron chi connectivity index (χ3n) is 4.70. The minimum Gasteiger partial charge on any atom is -0.444 e. The van der Waals surface area contributed by atoms with E-state index >= 15 is 0 Å². The fourth-order valence-corrected chi connectivity index (χ4v) is 2.85. The lowest BCUT2D eigenvalue weighted by Gasteiger charge is -2.34. The highest BCUT2D eigenvalue weighted by Crippen LogP contribution is 2.27. The number of hydrogen-bond acceptors (Lipinski definition) is 5. The number of nitrogens with one attached hydrogen (secondary N) is 1. The van der Waals surface area contributed by atoms with Crippen molar-refractivity contribution >= 4 is 11.9 Å². The number of aromatic nitrogens is 2. The molecular formula is C19H32N4O2. The Hall–Kier alpha value is -1.85. The van der Waals surface area contributed by atoms with Crippen LogP contribution in [0.25, 0.3) is 0 Å². The Labute approximate surface area is 151 Å². The summed E-state index contributed by atoms with van der Waals surface area (Å²) in [6.07, 6.45) is 4.28. The van der Waals surface area contributed by atoms with E-state index in [2.05, 4.69) is 47.0 Å². The molecule has 1 fully saturated rings. The molecule has 0 saturated carbocycles. The summed E-state index contributed by atoms with van der Waals surface area (Å²) in [7, 11) is 0. The van der Waals surface area contributed by atoms with Crippen molar-refractivity contribution in [1.29, 1.82) is 0 Å². The third kappa shape index (κ3) is 5.58. The van der Waals surface area contributed by atoms with Crippen LogP contribution in [0, 0.1) is 0 Å². The van der Waals surface area contributed by atoms with Gasteiger partial charge < -0.3 is 15.0 Å². The average Bonchev–Trinajstić information content (AvgIpc) is 2.53. The fourth-order valence-electron chi connectivity index (χ4n) is 2.85. The van der Waals surface area contributed by atoms with E-state index in [0.717, 1.165) is 43.9 Å². The highest BCUT2D eigenvalue weighted by atomic mass is 16.6. The summed E-state index contributed by atoms with van der Waals surface area (Å²) in [5, 5.41) is 2.98. The molecule has 0 aliphatic carbocycles. The Kier molecular flexibility index (Phi) is 5.91. The number of nitrogens with zero attached hydrogens (tertiary/aromatic N) is 3. The van der Waals surface area contributed by atoms with Crippen LogP contribution in [0.3, 0.4) is 0 Å². The standard InChI is InChI=1S/C19H32N4O2/c1-7-19(5,6)15-11-16(21-13-20-15)23-10-8-9-14(12-23)22-17(24)25-18(2,3)4/h11,13-14H,7-10,12H2,1-6H3,(H,22,24). The number of rotatable bonds is 4. The fraction of sp³-hybridized carbons (Fsp3) is 0.737. The van der Waals surface area contributed by atoms with Gasteiger partial charge in [-0.2, -0.15) is 0 Å². The minimum absolute atomic E-state index is 0.0294. The Morgan fingerprint density at radius 1 is 1.32 bits per heavy atom. The summed E-state index contributed by atoms with van der Waals surface area (Å²) in [6.45, 7) is 13.9.